The molecule has 0 atom stereocenters. The number of hydrogen-bond donors (Lipinski definition) is 0. The van der Waals surface area contributed by atoms with Crippen LogP contribution in [0.5, 0.6) is 0 Å². The number of rotatable bonds is 1. The second kappa shape index (κ2) is 2.51. The molecule has 1 rings (SSSR count). The molecule has 0 nitrogen and oxygen atoms in total. The monoisotopic (exact) mass is 150 g/mol. The van der Waals surface area contributed by atoms with E-state index in [1.807, 2.05) is 0 Å². The molecule has 11 heavy (non-hydrogen) atoms. The highest BCUT2D eigenvalue weighted by Crippen LogP contribution is 2.46. The third-order valence-corrected chi connectivity index (χ3v) is 2.55. The van der Waals surface area contributed by atoms with E-state index in [9.17, 15) is 0 Å². The van der Waals surface area contributed by atoms with Crippen LogP contribution in [-0.2, 0) is 0 Å². The molecule has 0 aromatic carbocycles. The van der Waals surface area contributed by atoms with E-state index in [4.69, 9.17) is 0 Å². The van der Waals surface area contributed by atoms with Gasteiger partial charge in [0.15, 0.2) is 0 Å². The SMILES string of the molecule is C=C(C)C(C)=C1CC(C)(C)C1. The summed E-state index contributed by atoms with van der Waals surface area (Å²) in [6, 6.07) is 0. The largest absolute Gasteiger partial charge is 0.0959 e. The fourth-order valence-corrected chi connectivity index (χ4v) is 1.67. The molecule has 1 saturated carbocycles. The highest BCUT2D eigenvalue weighted by Gasteiger charge is 2.31. The first kappa shape index (κ1) is 8.58. The van der Waals surface area contributed by atoms with Crippen LogP contribution in [0.15, 0.2) is 23.3 Å². The van der Waals surface area contributed by atoms with Gasteiger partial charge in [0.1, 0.15) is 0 Å². The summed E-state index contributed by atoms with van der Waals surface area (Å²) in [7, 11) is 0. The zero-order valence-corrected chi connectivity index (χ0v) is 8.12. The van der Waals surface area contributed by atoms with E-state index in [0.29, 0.717) is 5.41 Å². The molecule has 0 aliphatic heterocycles. The molecule has 0 aromatic rings. The molecule has 1 aliphatic carbocycles. The number of allylic oxidation sites excluding steroid dienone is 3. The normalized spacial score (nSPS) is 20.9. The zero-order valence-electron chi connectivity index (χ0n) is 8.12. The molecular formula is C11H18. The standard InChI is InChI=1S/C11H18/c1-8(2)9(3)10-6-11(4,5)7-10/h1,6-7H2,2-5H3. The van der Waals surface area contributed by atoms with Gasteiger partial charge in [0.25, 0.3) is 0 Å². The summed E-state index contributed by atoms with van der Waals surface area (Å²) < 4.78 is 0. The Kier molecular flexibility index (Phi) is 1.96. The van der Waals surface area contributed by atoms with E-state index in [-0.39, 0.29) is 0 Å². The van der Waals surface area contributed by atoms with Gasteiger partial charge in [-0.15, -0.1) is 0 Å². The molecule has 0 N–H and O–H groups in total. The van der Waals surface area contributed by atoms with Crippen molar-refractivity contribution in [2.75, 3.05) is 0 Å². The van der Waals surface area contributed by atoms with Gasteiger partial charge in [-0.05, 0) is 37.7 Å². The molecule has 0 bridgehead atoms. The van der Waals surface area contributed by atoms with E-state index >= 15 is 0 Å². The highest BCUT2D eigenvalue weighted by molar-refractivity contribution is 5.34. The topological polar surface area (TPSA) is 0 Å². The minimum atomic E-state index is 0.562. The van der Waals surface area contributed by atoms with Crippen LogP contribution < -0.4 is 0 Å². The Bertz CT molecular complexity index is 206. The van der Waals surface area contributed by atoms with Crippen molar-refractivity contribution >= 4 is 0 Å². The highest BCUT2D eigenvalue weighted by atomic mass is 14.4. The Morgan fingerprint density at radius 1 is 1.27 bits per heavy atom. The average Bonchev–Trinajstić information content (AvgIpc) is 1.80. The molecule has 0 heteroatoms. The summed E-state index contributed by atoms with van der Waals surface area (Å²) in [6.07, 6.45) is 2.54. The fraction of sp³-hybridized carbons (Fsp3) is 0.636. The van der Waals surface area contributed by atoms with E-state index < -0.39 is 0 Å². The van der Waals surface area contributed by atoms with Gasteiger partial charge in [0.2, 0.25) is 0 Å². The van der Waals surface area contributed by atoms with Crippen LogP contribution in [0.25, 0.3) is 0 Å². The lowest BCUT2D eigenvalue weighted by Gasteiger charge is -2.39. The number of hydrogen-bond acceptors (Lipinski definition) is 0. The van der Waals surface area contributed by atoms with Crippen molar-refractivity contribution in [3.05, 3.63) is 23.3 Å². The van der Waals surface area contributed by atoms with Crippen LogP contribution in [0, 0.1) is 5.41 Å². The summed E-state index contributed by atoms with van der Waals surface area (Å²) in [5, 5.41) is 0. The molecule has 0 radical (unpaired) electrons. The zero-order chi connectivity index (χ0) is 8.65. The summed E-state index contributed by atoms with van der Waals surface area (Å²) in [5.74, 6) is 0. The van der Waals surface area contributed by atoms with Gasteiger partial charge >= 0.3 is 0 Å². The van der Waals surface area contributed by atoms with Crippen molar-refractivity contribution in [3.63, 3.8) is 0 Å². The molecule has 0 unspecified atom stereocenters. The third kappa shape index (κ3) is 1.74. The van der Waals surface area contributed by atoms with Crippen molar-refractivity contribution in [1.82, 2.24) is 0 Å². The predicted octanol–water partition coefficient (Wildman–Crippen LogP) is 3.70. The van der Waals surface area contributed by atoms with Crippen LogP contribution >= 0.6 is 0 Å². The Hall–Kier alpha value is -0.520. The smallest absolute Gasteiger partial charge is 0.0260 e. The van der Waals surface area contributed by atoms with Crippen molar-refractivity contribution in [2.24, 2.45) is 5.41 Å². The van der Waals surface area contributed by atoms with Crippen LogP contribution in [-0.4, -0.2) is 0 Å². The summed E-state index contributed by atoms with van der Waals surface area (Å²) in [6.45, 7) is 12.9. The lowest BCUT2D eigenvalue weighted by atomic mass is 9.66. The first-order valence-corrected chi connectivity index (χ1v) is 4.27. The maximum Gasteiger partial charge on any atom is -0.0260 e. The van der Waals surface area contributed by atoms with Gasteiger partial charge in [-0.2, -0.15) is 0 Å². The lowest BCUT2D eigenvalue weighted by molar-refractivity contribution is 0.270. The quantitative estimate of drug-likeness (QED) is 0.534. The molecule has 62 valence electrons. The van der Waals surface area contributed by atoms with Gasteiger partial charge in [-0.3, -0.25) is 0 Å². The Morgan fingerprint density at radius 3 is 2.00 bits per heavy atom. The van der Waals surface area contributed by atoms with Gasteiger partial charge in [-0.1, -0.05) is 31.6 Å². The first-order chi connectivity index (χ1) is 4.92. The van der Waals surface area contributed by atoms with E-state index in [0.717, 1.165) is 0 Å². The van der Waals surface area contributed by atoms with Gasteiger partial charge in [0, 0.05) is 0 Å². The summed E-state index contributed by atoms with van der Waals surface area (Å²) in [5.41, 5.74) is 4.84. The van der Waals surface area contributed by atoms with Crippen LogP contribution in [0.4, 0.5) is 0 Å². The first-order valence-electron chi connectivity index (χ1n) is 4.27. The molecule has 0 aromatic heterocycles. The van der Waals surface area contributed by atoms with Gasteiger partial charge in [-0.25, -0.2) is 0 Å². The minimum absolute atomic E-state index is 0.562. The summed E-state index contributed by atoms with van der Waals surface area (Å²) >= 11 is 0. The predicted molar refractivity (Wildman–Crippen MR) is 50.5 cm³/mol. The molecular weight excluding hydrogens is 132 g/mol. The Balaban J connectivity index is 2.67. The van der Waals surface area contributed by atoms with Crippen molar-refractivity contribution in [1.29, 1.82) is 0 Å². The minimum Gasteiger partial charge on any atom is -0.0959 e. The molecule has 1 fully saturated rings. The fourth-order valence-electron chi connectivity index (χ4n) is 1.67. The molecule has 0 saturated heterocycles. The Labute approximate surface area is 70.0 Å². The van der Waals surface area contributed by atoms with E-state index in [1.165, 1.54) is 24.0 Å². The van der Waals surface area contributed by atoms with E-state index in [1.54, 1.807) is 5.57 Å². The van der Waals surface area contributed by atoms with Gasteiger partial charge < -0.3 is 0 Å². The maximum atomic E-state index is 3.95. The second-order valence-corrected chi connectivity index (χ2v) is 4.53. The van der Waals surface area contributed by atoms with Crippen molar-refractivity contribution in [2.45, 2.75) is 40.5 Å². The summed E-state index contributed by atoms with van der Waals surface area (Å²) in [4.78, 5) is 0. The average molecular weight is 150 g/mol. The van der Waals surface area contributed by atoms with Crippen molar-refractivity contribution in [3.8, 4) is 0 Å². The van der Waals surface area contributed by atoms with Crippen LogP contribution in [0.3, 0.4) is 0 Å². The molecule has 1 aliphatic rings. The molecule has 0 spiro atoms. The lowest BCUT2D eigenvalue weighted by Crippen LogP contribution is -2.25. The maximum absolute atomic E-state index is 3.95. The second-order valence-electron chi connectivity index (χ2n) is 4.53. The third-order valence-electron chi connectivity index (χ3n) is 2.55. The van der Waals surface area contributed by atoms with Crippen LogP contribution in [0.1, 0.15) is 40.5 Å². The Morgan fingerprint density at radius 2 is 1.73 bits per heavy atom. The van der Waals surface area contributed by atoms with E-state index in [2.05, 4.69) is 34.3 Å². The molecule has 0 heterocycles. The van der Waals surface area contributed by atoms with Gasteiger partial charge in [0.05, 0.1) is 0 Å². The van der Waals surface area contributed by atoms with Crippen molar-refractivity contribution < 1.29 is 0 Å². The molecule has 0 amide bonds. The van der Waals surface area contributed by atoms with Crippen LogP contribution in [0.2, 0.25) is 0 Å².